The van der Waals surface area contributed by atoms with Crippen molar-refractivity contribution in [2.24, 2.45) is 0 Å². The number of rotatable bonds is 3. The summed E-state index contributed by atoms with van der Waals surface area (Å²) >= 11 is 11.8. The first kappa shape index (κ1) is 13.9. The highest BCUT2D eigenvalue weighted by Gasteiger charge is 2.12. The number of fused-ring (bicyclic) bond motifs is 1. The summed E-state index contributed by atoms with van der Waals surface area (Å²) in [7, 11) is 0. The Balaban J connectivity index is 1.73. The maximum atomic E-state index is 12.1. The van der Waals surface area contributed by atoms with Crippen molar-refractivity contribution in [2.75, 3.05) is 0 Å². The fraction of sp³-hybridized carbons (Fsp3) is 0.0667. The predicted octanol–water partition coefficient (Wildman–Crippen LogP) is 4.06. The molecule has 1 aromatic heterocycles. The van der Waals surface area contributed by atoms with E-state index in [1.54, 1.807) is 12.1 Å². The average molecular weight is 321 g/mol. The number of carbonyl (C=O) groups excluding carboxylic acids is 1. The Hall–Kier alpha value is -2.04. The summed E-state index contributed by atoms with van der Waals surface area (Å²) in [5, 5.41) is 3.50. The molecule has 1 N–H and O–H groups in total. The van der Waals surface area contributed by atoms with Crippen LogP contribution < -0.4 is 5.32 Å². The molecule has 0 radical (unpaired) electrons. The van der Waals surface area contributed by atoms with Crippen molar-refractivity contribution < 1.29 is 9.21 Å². The zero-order valence-corrected chi connectivity index (χ0v) is 12.3. The van der Waals surface area contributed by atoms with Gasteiger partial charge < -0.3 is 9.73 Å². The van der Waals surface area contributed by atoms with Gasteiger partial charge in [-0.15, -0.1) is 0 Å². The van der Waals surface area contributed by atoms with Crippen LogP contribution in [0.25, 0.3) is 11.1 Å². The molecule has 0 aliphatic carbocycles. The van der Waals surface area contributed by atoms with E-state index in [-0.39, 0.29) is 12.5 Å². The summed E-state index contributed by atoms with van der Waals surface area (Å²) in [6.45, 7) is 0.187. The lowest BCUT2D eigenvalue weighted by molar-refractivity contribution is 0.0947. The summed E-state index contributed by atoms with van der Waals surface area (Å²) in [5.74, 6) is 0.133. The Morgan fingerprint density at radius 1 is 1.19 bits per heavy atom. The van der Waals surface area contributed by atoms with Crippen molar-refractivity contribution in [1.82, 2.24) is 10.3 Å². The van der Waals surface area contributed by atoms with Crippen LogP contribution in [0.2, 0.25) is 10.0 Å². The molecule has 2 aromatic carbocycles. The van der Waals surface area contributed by atoms with Gasteiger partial charge in [-0.3, -0.25) is 4.79 Å². The van der Waals surface area contributed by atoms with E-state index in [1.165, 1.54) is 6.07 Å². The van der Waals surface area contributed by atoms with Crippen LogP contribution in [0.5, 0.6) is 0 Å². The summed E-state index contributed by atoms with van der Waals surface area (Å²) in [6, 6.07) is 12.1. The smallest absolute Gasteiger partial charge is 0.253 e. The van der Waals surface area contributed by atoms with Crippen molar-refractivity contribution >= 4 is 40.2 Å². The van der Waals surface area contributed by atoms with E-state index >= 15 is 0 Å². The molecule has 4 nitrogen and oxygen atoms in total. The van der Waals surface area contributed by atoms with Gasteiger partial charge in [0.1, 0.15) is 5.52 Å². The third-order valence-corrected chi connectivity index (χ3v) is 3.46. The Labute approximate surface area is 130 Å². The minimum Gasteiger partial charge on any atom is -0.439 e. The molecular formula is C15H10Cl2N2O2. The number of carbonyl (C=O) groups is 1. The Morgan fingerprint density at radius 2 is 2.00 bits per heavy atom. The van der Waals surface area contributed by atoms with E-state index in [9.17, 15) is 4.79 Å². The molecule has 21 heavy (non-hydrogen) atoms. The second kappa shape index (κ2) is 5.76. The van der Waals surface area contributed by atoms with E-state index < -0.39 is 0 Å². The molecule has 0 aliphatic rings. The van der Waals surface area contributed by atoms with Crippen molar-refractivity contribution in [3.63, 3.8) is 0 Å². The molecule has 0 bridgehead atoms. The zero-order valence-electron chi connectivity index (χ0n) is 10.8. The summed E-state index contributed by atoms with van der Waals surface area (Å²) in [4.78, 5) is 16.3. The first-order valence-corrected chi connectivity index (χ1v) is 6.97. The number of benzene rings is 2. The van der Waals surface area contributed by atoms with Crippen LogP contribution >= 0.6 is 23.2 Å². The standard InChI is InChI=1S/C15H10Cl2N2O2/c16-9-5-6-10(11(17)7-9)15(20)18-8-14-19-12-3-1-2-4-13(12)21-14/h1-7H,8H2,(H,18,20). The Kier molecular flexibility index (Phi) is 3.82. The highest BCUT2D eigenvalue weighted by molar-refractivity contribution is 6.36. The summed E-state index contributed by atoms with van der Waals surface area (Å²) < 4.78 is 5.52. The molecular weight excluding hydrogens is 311 g/mol. The first-order valence-electron chi connectivity index (χ1n) is 6.21. The van der Waals surface area contributed by atoms with Gasteiger partial charge in [-0.25, -0.2) is 4.98 Å². The van der Waals surface area contributed by atoms with Crippen LogP contribution in [-0.2, 0) is 6.54 Å². The largest absolute Gasteiger partial charge is 0.439 e. The number of aromatic nitrogens is 1. The van der Waals surface area contributed by atoms with E-state index in [0.29, 0.717) is 27.1 Å². The number of nitrogens with zero attached hydrogens (tertiary/aromatic N) is 1. The van der Waals surface area contributed by atoms with Gasteiger partial charge in [0.2, 0.25) is 5.89 Å². The van der Waals surface area contributed by atoms with Crippen LogP contribution in [0.3, 0.4) is 0 Å². The Bertz CT molecular complexity index is 781. The monoisotopic (exact) mass is 320 g/mol. The SMILES string of the molecule is O=C(NCc1nc2ccccc2o1)c1ccc(Cl)cc1Cl. The third kappa shape index (κ3) is 3.01. The summed E-state index contributed by atoms with van der Waals surface area (Å²) in [5.41, 5.74) is 1.80. The van der Waals surface area contributed by atoms with Gasteiger partial charge in [-0.2, -0.15) is 0 Å². The van der Waals surface area contributed by atoms with Gasteiger partial charge in [0.15, 0.2) is 5.58 Å². The first-order chi connectivity index (χ1) is 10.1. The number of halogens is 2. The average Bonchev–Trinajstić information content (AvgIpc) is 2.87. The lowest BCUT2D eigenvalue weighted by Crippen LogP contribution is -2.23. The second-order valence-corrected chi connectivity index (χ2v) is 5.23. The van der Waals surface area contributed by atoms with Crippen LogP contribution in [0.1, 0.15) is 16.2 Å². The molecule has 106 valence electrons. The fourth-order valence-corrected chi connectivity index (χ4v) is 2.41. The molecule has 0 atom stereocenters. The molecule has 3 aromatic rings. The third-order valence-electron chi connectivity index (χ3n) is 2.91. The number of hydrogen-bond acceptors (Lipinski definition) is 3. The molecule has 0 spiro atoms. The second-order valence-electron chi connectivity index (χ2n) is 4.38. The molecule has 6 heteroatoms. The molecule has 1 amide bonds. The van der Waals surface area contributed by atoms with Crippen LogP contribution in [-0.4, -0.2) is 10.9 Å². The molecule has 0 saturated carbocycles. The number of amides is 1. The molecule has 0 fully saturated rings. The maximum Gasteiger partial charge on any atom is 0.253 e. The van der Waals surface area contributed by atoms with E-state index in [4.69, 9.17) is 27.6 Å². The van der Waals surface area contributed by atoms with Crippen molar-refractivity contribution in [3.8, 4) is 0 Å². The predicted molar refractivity (Wildman–Crippen MR) is 81.6 cm³/mol. The number of nitrogens with one attached hydrogen (secondary N) is 1. The molecule has 1 heterocycles. The highest BCUT2D eigenvalue weighted by atomic mass is 35.5. The number of hydrogen-bond donors (Lipinski definition) is 1. The minimum absolute atomic E-state index is 0.187. The number of oxazole rings is 1. The normalized spacial score (nSPS) is 10.8. The van der Waals surface area contributed by atoms with Gasteiger partial charge >= 0.3 is 0 Å². The lowest BCUT2D eigenvalue weighted by Gasteiger charge is -2.05. The molecule has 0 aliphatic heterocycles. The van der Waals surface area contributed by atoms with Crippen molar-refractivity contribution in [2.45, 2.75) is 6.54 Å². The maximum absolute atomic E-state index is 12.1. The van der Waals surface area contributed by atoms with Gasteiger partial charge in [0.05, 0.1) is 17.1 Å². The van der Waals surface area contributed by atoms with Crippen molar-refractivity contribution in [3.05, 3.63) is 64.0 Å². The van der Waals surface area contributed by atoms with E-state index in [1.807, 2.05) is 24.3 Å². The van der Waals surface area contributed by atoms with Gasteiger partial charge in [0.25, 0.3) is 5.91 Å². The number of para-hydroxylation sites is 2. The fourth-order valence-electron chi connectivity index (χ4n) is 1.92. The quantitative estimate of drug-likeness (QED) is 0.791. The van der Waals surface area contributed by atoms with E-state index in [2.05, 4.69) is 10.3 Å². The van der Waals surface area contributed by atoms with Gasteiger partial charge in [-0.1, -0.05) is 35.3 Å². The molecule has 3 rings (SSSR count). The Morgan fingerprint density at radius 3 is 2.76 bits per heavy atom. The van der Waals surface area contributed by atoms with Crippen LogP contribution in [0.4, 0.5) is 0 Å². The van der Waals surface area contributed by atoms with Crippen LogP contribution in [0, 0.1) is 0 Å². The zero-order chi connectivity index (χ0) is 14.8. The van der Waals surface area contributed by atoms with Gasteiger partial charge in [-0.05, 0) is 30.3 Å². The van der Waals surface area contributed by atoms with E-state index in [0.717, 1.165) is 5.52 Å². The van der Waals surface area contributed by atoms with Crippen LogP contribution in [0.15, 0.2) is 46.9 Å². The van der Waals surface area contributed by atoms with Gasteiger partial charge in [0, 0.05) is 5.02 Å². The minimum atomic E-state index is -0.307. The highest BCUT2D eigenvalue weighted by Crippen LogP contribution is 2.21. The molecule has 0 saturated heterocycles. The topological polar surface area (TPSA) is 55.1 Å². The van der Waals surface area contributed by atoms with Crippen molar-refractivity contribution in [1.29, 1.82) is 0 Å². The summed E-state index contributed by atoms with van der Waals surface area (Å²) in [6.07, 6.45) is 0. The lowest BCUT2D eigenvalue weighted by atomic mass is 10.2. The molecule has 0 unspecified atom stereocenters.